The molecule has 1 N–H and O–H groups in total. The summed E-state index contributed by atoms with van der Waals surface area (Å²) in [7, 11) is 0. The summed E-state index contributed by atoms with van der Waals surface area (Å²) in [6.07, 6.45) is 6.42. The summed E-state index contributed by atoms with van der Waals surface area (Å²) < 4.78 is 0. The molecule has 0 aromatic carbocycles. The monoisotopic (exact) mass is 195 g/mol. The molecule has 0 radical (unpaired) electrons. The fraction of sp³-hybridized carbons (Fsp3) is 0.846. The summed E-state index contributed by atoms with van der Waals surface area (Å²) in [6, 6.07) is 0.754. The molecule has 0 aliphatic heterocycles. The number of hydrogen-bond donors (Lipinski definition) is 1. The van der Waals surface area contributed by atoms with Crippen LogP contribution in [0.1, 0.15) is 47.0 Å². The van der Waals surface area contributed by atoms with E-state index in [2.05, 4.69) is 39.1 Å². The van der Waals surface area contributed by atoms with Crippen molar-refractivity contribution in [3.05, 3.63) is 11.6 Å². The second-order valence-corrected chi connectivity index (χ2v) is 5.30. The van der Waals surface area contributed by atoms with Gasteiger partial charge in [0.05, 0.1) is 0 Å². The van der Waals surface area contributed by atoms with Gasteiger partial charge in [0.15, 0.2) is 0 Å². The van der Waals surface area contributed by atoms with Gasteiger partial charge in [-0.2, -0.15) is 0 Å². The third-order valence-electron chi connectivity index (χ3n) is 3.10. The normalized spacial score (nSPS) is 32.7. The highest BCUT2D eigenvalue weighted by Gasteiger charge is 2.22. The first-order chi connectivity index (χ1) is 6.58. The van der Waals surface area contributed by atoms with E-state index in [4.69, 9.17) is 0 Å². The van der Waals surface area contributed by atoms with Crippen molar-refractivity contribution in [1.29, 1.82) is 0 Å². The van der Waals surface area contributed by atoms with Gasteiger partial charge in [0, 0.05) is 12.6 Å². The van der Waals surface area contributed by atoms with E-state index in [9.17, 15) is 0 Å². The van der Waals surface area contributed by atoms with Crippen LogP contribution in [0, 0.1) is 11.8 Å². The van der Waals surface area contributed by atoms with Gasteiger partial charge in [0.1, 0.15) is 0 Å². The van der Waals surface area contributed by atoms with Crippen molar-refractivity contribution in [2.24, 2.45) is 11.8 Å². The Morgan fingerprint density at radius 1 is 1.14 bits per heavy atom. The maximum Gasteiger partial charge on any atom is 0.0139 e. The van der Waals surface area contributed by atoms with Gasteiger partial charge in [0.25, 0.3) is 0 Å². The van der Waals surface area contributed by atoms with Crippen LogP contribution in [-0.4, -0.2) is 12.6 Å². The van der Waals surface area contributed by atoms with Gasteiger partial charge in [-0.3, -0.25) is 0 Å². The van der Waals surface area contributed by atoms with Crippen LogP contribution in [0.5, 0.6) is 0 Å². The zero-order valence-corrected chi connectivity index (χ0v) is 10.1. The minimum atomic E-state index is 0.754. The lowest BCUT2D eigenvalue weighted by Crippen LogP contribution is -2.36. The van der Waals surface area contributed by atoms with Crippen molar-refractivity contribution in [3.8, 4) is 0 Å². The Kier molecular flexibility index (Phi) is 4.67. The first kappa shape index (κ1) is 11.8. The molecule has 0 aromatic heterocycles. The molecule has 1 heteroatoms. The summed E-state index contributed by atoms with van der Waals surface area (Å²) in [5.41, 5.74) is 1.41. The molecular weight excluding hydrogens is 170 g/mol. The Balaban J connectivity index is 2.27. The maximum absolute atomic E-state index is 3.64. The van der Waals surface area contributed by atoms with Crippen LogP contribution < -0.4 is 5.32 Å². The summed E-state index contributed by atoms with van der Waals surface area (Å²) in [4.78, 5) is 0. The highest BCUT2D eigenvalue weighted by atomic mass is 14.9. The van der Waals surface area contributed by atoms with Crippen molar-refractivity contribution in [3.63, 3.8) is 0 Å². The Morgan fingerprint density at radius 3 is 2.21 bits per heavy atom. The van der Waals surface area contributed by atoms with Gasteiger partial charge in [0.2, 0.25) is 0 Å². The van der Waals surface area contributed by atoms with Crippen molar-refractivity contribution >= 4 is 0 Å². The van der Waals surface area contributed by atoms with Crippen molar-refractivity contribution in [2.45, 2.75) is 53.0 Å². The molecule has 1 nitrogen and oxygen atoms in total. The number of allylic oxidation sites excluding steroid dienone is 1. The summed E-state index contributed by atoms with van der Waals surface area (Å²) >= 11 is 0. The van der Waals surface area contributed by atoms with Crippen LogP contribution >= 0.6 is 0 Å². The first-order valence-electron chi connectivity index (χ1n) is 5.94. The average molecular weight is 195 g/mol. The molecule has 2 unspecified atom stereocenters. The second kappa shape index (κ2) is 5.55. The lowest BCUT2D eigenvalue weighted by molar-refractivity contribution is 0.243. The summed E-state index contributed by atoms with van der Waals surface area (Å²) in [5.74, 6) is 1.81. The fourth-order valence-corrected chi connectivity index (χ4v) is 2.54. The van der Waals surface area contributed by atoms with Crippen molar-refractivity contribution in [2.75, 3.05) is 6.54 Å². The molecule has 0 amide bonds. The highest BCUT2D eigenvalue weighted by molar-refractivity contribution is 4.95. The topological polar surface area (TPSA) is 12.0 Å². The van der Waals surface area contributed by atoms with Crippen molar-refractivity contribution < 1.29 is 0 Å². The number of nitrogens with one attached hydrogen (secondary N) is 1. The minimum absolute atomic E-state index is 0.754. The molecule has 1 aliphatic carbocycles. The molecule has 1 rings (SSSR count). The van der Waals surface area contributed by atoms with Gasteiger partial charge in [-0.15, -0.1) is 0 Å². The molecule has 1 aliphatic rings. The maximum atomic E-state index is 3.64. The fourth-order valence-electron chi connectivity index (χ4n) is 2.54. The Hall–Kier alpha value is -0.300. The molecule has 82 valence electrons. The van der Waals surface area contributed by atoms with Crippen LogP contribution in [0.25, 0.3) is 0 Å². The Bertz CT molecular complexity index is 181. The van der Waals surface area contributed by atoms with Gasteiger partial charge in [-0.25, -0.2) is 0 Å². The number of hydrogen-bond acceptors (Lipinski definition) is 1. The van der Waals surface area contributed by atoms with Crippen LogP contribution in [0.15, 0.2) is 11.6 Å². The smallest absolute Gasteiger partial charge is 0.0139 e. The second-order valence-electron chi connectivity index (χ2n) is 5.30. The van der Waals surface area contributed by atoms with Gasteiger partial charge >= 0.3 is 0 Å². The van der Waals surface area contributed by atoms with Gasteiger partial charge in [-0.1, -0.05) is 25.5 Å². The van der Waals surface area contributed by atoms with Crippen LogP contribution in [0.2, 0.25) is 0 Å². The molecule has 14 heavy (non-hydrogen) atoms. The summed E-state index contributed by atoms with van der Waals surface area (Å²) in [6.45, 7) is 10.1. The Morgan fingerprint density at radius 2 is 1.71 bits per heavy atom. The third-order valence-corrected chi connectivity index (χ3v) is 3.10. The molecule has 1 fully saturated rings. The van der Waals surface area contributed by atoms with E-state index in [1.165, 1.54) is 24.8 Å². The van der Waals surface area contributed by atoms with E-state index in [1.54, 1.807) is 0 Å². The molecule has 2 atom stereocenters. The number of rotatable bonds is 3. The van der Waals surface area contributed by atoms with Gasteiger partial charge < -0.3 is 5.32 Å². The van der Waals surface area contributed by atoms with E-state index in [0.29, 0.717) is 0 Å². The van der Waals surface area contributed by atoms with E-state index >= 15 is 0 Å². The SMILES string of the molecule is CC(C)=CCNC1CC(C)CC(C)C1. The standard InChI is InChI=1S/C13H25N/c1-10(2)5-6-14-13-8-11(3)7-12(4)9-13/h5,11-14H,6-9H2,1-4H3. The average Bonchev–Trinajstić information content (AvgIpc) is 2.01. The van der Waals surface area contributed by atoms with Crippen LogP contribution in [0.3, 0.4) is 0 Å². The highest BCUT2D eigenvalue weighted by Crippen LogP contribution is 2.28. The van der Waals surface area contributed by atoms with E-state index in [0.717, 1.165) is 24.4 Å². The van der Waals surface area contributed by atoms with E-state index in [1.807, 2.05) is 0 Å². The molecule has 0 spiro atoms. The predicted octanol–water partition coefficient (Wildman–Crippen LogP) is 3.37. The molecule has 0 bridgehead atoms. The van der Waals surface area contributed by atoms with Gasteiger partial charge in [-0.05, 0) is 44.9 Å². The van der Waals surface area contributed by atoms with E-state index in [-0.39, 0.29) is 0 Å². The predicted molar refractivity (Wildman–Crippen MR) is 63.4 cm³/mol. The zero-order chi connectivity index (χ0) is 10.6. The lowest BCUT2D eigenvalue weighted by Gasteiger charge is -2.31. The molecular formula is C13H25N. The minimum Gasteiger partial charge on any atom is -0.311 e. The molecule has 0 heterocycles. The van der Waals surface area contributed by atoms with Crippen LogP contribution in [0.4, 0.5) is 0 Å². The van der Waals surface area contributed by atoms with E-state index < -0.39 is 0 Å². The zero-order valence-electron chi connectivity index (χ0n) is 10.1. The molecule has 0 aromatic rings. The lowest BCUT2D eigenvalue weighted by atomic mass is 9.80. The summed E-state index contributed by atoms with van der Waals surface area (Å²) in [5, 5.41) is 3.64. The van der Waals surface area contributed by atoms with Crippen LogP contribution in [-0.2, 0) is 0 Å². The third kappa shape index (κ3) is 4.28. The quantitative estimate of drug-likeness (QED) is 0.681. The molecule has 0 saturated heterocycles. The van der Waals surface area contributed by atoms with Crippen molar-refractivity contribution in [1.82, 2.24) is 5.32 Å². The first-order valence-corrected chi connectivity index (χ1v) is 5.94. The molecule has 1 saturated carbocycles. The Labute approximate surface area is 89.0 Å². The largest absolute Gasteiger partial charge is 0.311 e.